The summed E-state index contributed by atoms with van der Waals surface area (Å²) in [5.74, 6) is 1.15. The third-order valence-corrected chi connectivity index (χ3v) is 3.56. The van der Waals surface area contributed by atoms with Crippen LogP contribution in [0.3, 0.4) is 0 Å². The van der Waals surface area contributed by atoms with Gasteiger partial charge in [-0.3, -0.25) is 5.32 Å². The molecule has 2 aromatic rings. The largest absolute Gasteiger partial charge is 0.481 e. The Morgan fingerprint density at radius 3 is 2.19 bits per heavy atom. The van der Waals surface area contributed by atoms with E-state index in [4.69, 9.17) is 14.2 Å². The van der Waals surface area contributed by atoms with Gasteiger partial charge in [-0.05, 0) is 32.4 Å². The van der Waals surface area contributed by atoms with E-state index in [2.05, 4.69) is 15.3 Å². The van der Waals surface area contributed by atoms with Crippen LogP contribution in [0.4, 0.5) is 10.5 Å². The highest BCUT2D eigenvalue weighted by atomic mass is 16.6. The van der Waals surface area contributed by atoms with Crippen LogP contribution >= 0.6 is 0 Å². The van der Waals surface area contributed by atoms with Crippen LogP contribution in [0.5, 0.6) is 11.8 Å². The number of nitrogens with one attached hydrogen (secondary N) is 1. The second kappa shape index (κ2) is 8.03. The minimum absolute atomic E-state index is 0.204. The molecular weight excluding hydrogens is 334 g/mol. The molecule has 0 aliphatic heterocycles. The molecule has 0 saturated carbocycles. The van der Waals surface area contributed by atoms with Gasteiger partial charge in [0.25, 0.3) is 0 Å². The van der Waals surface area contributed by atoms with Crippen LogP contribution in [-0.4, -0.2) is 35.9 Å². The number of benzene rings is 1. The molecule has 0 saturated heterocycles. The fourth-order valence-corrected chi connectivity index (χ4v) is 2.36. The summed E-state index contributed by atoms with van der Waals surface area (Å²) in [4.78, 5) is 20.9. The van der Waals surface area contributed by atoms with Crippen LogP contribution in [0.2, 0.25) is 0 Å². The molecule has 1 atom stereocenters. The number of ether oxygens (including phenoxy) is 3. The second-order valence-electron chi connectivity index (χ2n) is 6.75. The smallest absolute Gasteiger partial charge is 0.412 e. The van der Waals surface area contributed by atoms with E-state index in [1.807, 2.05) is 52.0 Å². The Kier molecular flexibility index (Phi) is 6.02. The normalized spacial score (nSPS) is 12.2. The Hall–Kier alpha value is -2.83. The van der Waals surface area contributed by atoms with E-state index >= 15 is 0 Å². The van der Waals surface area contributed by atoms with Gasteiger partial charge in [-0.25, -0.2) is 4.79 Å². The fraction of sp³-hybridized carbons (Fsp3) is 0.421. The van der Waals surface area contributed by atoms with Crippen molar-refractivity contribution in [2.45, 2.75) is 39.2 Å². The van der Waals surface area contributed by atoms with Crippen LogP contribution in [-0.2, 0) is 4.74 Å². The lowest BCUT2D eigenvalue weighted by atomic mass is 9.98. The van der Waals surface area contributed by atoms with E-state index in [0.29, 0.717) is 23.3 Å². The molecule has 0 bridgehead atoms. The molecule has 7 nitrogen and oxygen atoms in total. The van der Waals surface area contributed by atoms with Crippen molar-refractivity contribution in [3.63, 3.8) is 0 Å². The standard InChI is InChI=1S/C19H25N3O4/c1-12(17-21-15(24-5)11-16(22-17)25-6)13-9-7-8-10-14(13)20-18(23)26-19(2,3)4/h7-12H,1-6H3,(H,20,23). The highest BCUT2D eigenvalue weighted by molar-refractivity contribution is 5.86. The van der Waals surface area contributed by atoms with Crippen molar-refractivity contribution in [1.82, 2.24) is 9.97 Å². The molecule has 7 heteroatoms. The third kappa shape index (κ3) is 5.08. The zero-order chi connectivity index (χ0) is 19.3. The lowest BCUT2D eigenvalue weighted by molar-refractivity contribution is 0.0635. The Labute approximate surface area is 153 Å². The molecular formula is C19H25N3O4. The van der Waals surface area contributed by atoms with Gasteiger partial charge >= 0.3 is 6.09 Å². The average molecular weight is 359 g/mol. The number of anilines is 1. The van der Waals surface area contributed by atoms with Crippen molar-refractivity contribution in [3.8, 4) is 11.8 Å². The molecule has 0 radical (unpaired) electrons. The second-order valence-corrected chi connectivity index (χ2v) is 6.75. The number of rotatable bonds is 5. The number of amides is 1. The molecule has 2 rings (SSSR count). The summed E-state index contributed by atoms with van der Waals surface area (Å²) >= 11 is 0. The molecule has 1 heterocycles. The molecule has 0 aliphatic carbocycles. The number of nitrogens with zero attached hydrogens (tertiary/aromatic N) is 2. The number of carbonyl (C=O) groups excluding carboxylic acids is 1. The number of hydrogen-bond acceptors (Lipinski definition) is 6. The lowest BCUT2D eigenvalue weighted by Crippen LogP contribution is -2.27. The highest BCUT2D eigenvalue weighted by Crippen LogP contribution is 2.30. The Balaban J connectivity index is 2.33. The molecule has 0 spiro atoms. The van der Waals surface area contributed by atoms with Gasteiger partial charge in [0.2, 0.25) is 11.8 Å². The minimum Gasteiger partial charge on any atom is -0.481 e. The Bertz CT molecular complexity index is 749. The number of methoxy groups -OCH3 is 2. The van der Waals surface area contributed by atoms with Gasteiger partial charge in [-0.2, -0.15) is 9.97 Å². The highest BCUT2D eigenvalue weighted by Gasteiger charge is 2.21. The first-order valence-electron chi connectivity index (χ1n) is 8.29. The van der Waals surface area contributed by atoms with Crippen LogP contribution in [0, 0.1) is 0 Å². The van der Waals surface area contributed by atoms with Crippen LogP contribution < -0.4 is 14.8 Å². The molecule has 26 heavy (non-hydrogen) atoms. The lowest BCUT2D eigenvalue weighted by Gasteiger charge is -2.21. The molecule has 0 fully saturated rings. The maximum atomic E-state index is 12.1. The van der Waals surface area contributed by atoms with E-state index in [9.17, 15) is 4.79 Å². The van der Waals surface area contributed by atoms with Gasteiger partial charge in [0.1, 0.15) is 11.4 Å². The van der Waals surface area contributed by atoms with Crippen LogP contribution in [0.1, 0.15) is 45.0 Å². The topological polar surface area (TPSA) is 82.6 Å². The molecule has 1 unspecified atom stereocenters. The van der Waals surface area contributed by atoms with E-state index in [0.717, 1.165) is 5.56 Å². The molecule has 1 aromatic heterocycles. The third-order valence-electron chi connectivity index (χ3n) is 3.56. The maximum absolute atomic E-state index is 12.1. The molecule has 140 valence electrons. The quantitative estimate of drug-likeness (QED) is 0.869. The SMILES string of the molecule is COc1cc(OC)nc(C(C)c2ccccc2NC(=O)OC(C)(C)C)n1. The van der Waals surface area contributed by atoms with Crippen LogP contribution in [0.25, 0.3) is 0 Å². The van der Waals surface area contributed by atoms with E-state index in [-0.39, 0.29) is 5.92 Å². The van der Waals surface area contributed by atoms with Crippen molar-refractivity contribution in [1.29, 1.82) is 0 Å². The fourth-order valence-electron chi connectivity index (χ4n) is 2.36. The van der Waals surface area contributed by atoms with Crippen molar-refractivity contribution < 1.29 is 19.0 Å². The predicted octanol–water partition coefficient (Wildman–Crippen LogP) is 3.99. The summed E-state index contributed by atoms with van der Waals surface area (Å²) in [5.41, 5.74) is 0.918. The average Bonchev–Trinajstić information content (AvgIpc) is 2.59. The van der Waals surface area contributed by atoms with Gasteiger partial charge in [0.15, 0.2) is 0 Å². The molecule has 0 aliphatic rings. The van der Waals surface area contributed by atoms with E-state index in [1.165, 1.54) is 14.2 Å². The maximum Gasteiger partial charge on any atom is 0.412 e. The number of aromatic nitrogens is 2. The monoisotopic (exact) mass is 359 g/mol. The summed E-state index contributed by atoms with van der Waals surface area (Å²) in [6, 6.07) is 9.07. The van der Waals surface area contributed by atoms with Crippen LogP contribution in [0.15, 0.2) is 30.3 Å². The summed E-state index contributed by atoms with van der Waals surface area (Å²) in [5, 5.41) is 2.80. The molecule has 1 amide bonds. The first kappa shape index (κ1) is 19.5. The number of para-hydroxylation sites is 1. The molecule has 1 aromatic carbocycles. The number of carbonyl (C=O) groups is 1. The first-order valence-corrected chi connectivity index (χ1v) is 8.29. The summed E-state index contributed by atoms with van der Waals surface area (Å²) in [6.45, 7) is 7.40. The van der Waals surface area contributed by atoms with E-state index in [1.54, 1.807) is 6.07 Å². The summed E-state index contributed by atoms with van der Waals surface area (Å²) in [6.07, 6.45) is -0.513. The van der Waals surface area contributed by atoms with Crippen molar-refractivity contribution in [2.24, 2.45) is 0 Å². The van der Waals surface area contributed by atoms with Gasteiger partial charge in [0, 0.05) is 11.6 Å². The van der Waals surface area contributed by atoms with Crippen molar-refractivity contribution >= 4 is 11.8 Å². The summed E-state index contributed by atoms with van der Waals surface area (Å²) in [7, 11) is 3.07. The Morgan fingerprint density at radius 1 is 1.08 bits per heavy atom. The molecule has 1 N–H and O–H groups in total. The van der Waals surface area contributed by atoms with Gasteiger partial charge in [0.05, 0.1) is 20.3 Å². The first-order chi connectivity index (χ1) is 12.2. The van der Waals surface area contributed by atoms with Gasteiger partial charge < -0.3 is 14.2 Å². The Morgan fingerprint density at radius 2 is 1.65 bits per heavy atom. The zero-order valence-corrected chi connectivity index (χ0v) is 16.0. The summed E-state index contributed by atoms with van der Waals surface area (Å²) < 4.78 is 15.8. The minimum atomic E-state index is -0.575. The van der Waals surface area contributed by atoms with Gasteiger partial charge in [-0.15, -0.1) is 0 Å². The zero-order valence-electron chi connectivity index (χ0n) is 16.0. The number of hydrogen-bond donors (Lipinski definition) is 1. The van der Waals surface area contributed by atoms with Crippen molar-refractivity contribution in [3.05, 3.63) is 41.7 Å². The predicted molar refractivity (Wildman–Crippen MR) is 99.0 cm³/mol. The van der Waals surface area contributed by atoms with E-state index < -0.39 is 11.7 Å². The van der Waals surface area contributed by atoms with Crippen molar-refractivity contribution in [2.75, 3.05) is 19.5 Å². The van der Waals surface area contributed by atoms with Gasteiger partial charge in [-0.1, -0.05) is 25.1 Å².